The van der Waals surface area contributed by atoms with E-state index < -0.39 is 0 Å². The van der Waals surface area contributed by atoms with E-state index in [4.69, 9.17) is 4.74 Å². The van der Waals surface area contributed by atoms with Crippen molar-refractivity contribution >= 4 is 22.1 Å². The van der Waals surface area contributed by atoms with Gasteiger partial charge in [0.25, 0.3) is 0 Å². The number of carbonyl (C=O) groups excluding carboxylic acids is 1. The summed E-state index contributed by atoms with van der Waals surface area (Å²) in [5.74, 6) is 0.657. The Morgan fingerprint density at radius 3 is 3.12 bits per heavy atom. The summed E-state index contributed by atoms with van der Waals surface area (Å²) in [5, 5.41) is 12.7. The van der Waals surface area contributed by atoms with E-state index in [0.29, 0.717) is 15.8 Å². The minimum Gasteiger partial charge on any atom is -0.370 e. The third kappa shape index (κ3) is 1.43. The summed E-state index contributed by atoms with van der Waals surface area (Å²) in [6.07, 6.45) is 1.94. The molecule has 0 aromatic carbocycles. The van der Waals surface area contributed by atoms with Gasteiger partial charge in [-0.25, -0.2) is 0 Å². The topological polar surface area (TPSA) is 69.4 Å². The predicted octanol–water partition coefficient (Wildman–Crippen LogP) is 1.24. The zero-order valence-electron chi connectivity index (χ0n) is 8.71. The summed E-state index contributed by atoms with van der Waals surface area (Å²) in [7, 11) is 0. The molecule has 0 saturated carbocycles. The van der Waals surface area contributed by atoms with Crippen molar-refractivity contribution < 1.29 is 9.53 Å². The highest BCUT2D eigenvalue weighted by Gasteiger charge is 2.25. The Labute approximate surface area is 95.2 Å². The summed E-state index contributed by atoms with van der Waals surface area (Å²) in [4.78, 5) is 11.8. The summed E-state index contributed by atoms with van der Waals surface area (Å²) >= 11 is 1.26. The SMILES string of the molecule is CC(=O)c1nn2c(C3CCCO3)nnc2s1. The molecule has 0 radical (unpaired) electrons. The molecular formula is C9H10N4O2S. The maximum atomic E-state index is 11.2. The molecule has 0 N–H and O–H groups in total. The van der Waals surface area contributed by atoms with E-state index in [9.17, 15) is 4.79 Å². The molecule has 2 aromatic rings. The Balaban J connectivity index is 2.07. The lowest BCUT2D eigenvalue weighted by molar-refractivity contribution is 0.100. The van der Waals surface area contributed by atoms with Crippen LogP contribution >= 0.6 is 11.3 Å². The van der Waals surface area contributed by atoms with Gasteiger partial charge in [-0.15, -0.1) is 15.3 Å². The van der Waals surface area contributed by atoms with Crippen LogP contribution in [0.3, 0.4) is 0 Å². The fraction of sp³-hybridized carbons (Fsp3) is 0.556. The molecule has 84 valence electrons. The third-order valence-electron chi connectivity index (χ3n) is 2.53. The second kappa shape index (κ2) is 3.60. The number of aromatic nitrogens is 4. The van der Waals surface area contributed by atoms with Crippen LogP contribution < -0.4 is 0 Å². The van der Waals surface area contributed by atoms with E-state index in [2.05, 4.69) is 15.3 Å². The smallest absolute Gasteiger partial charge is 0.235 e. The Morgan fingerprint density at radius 1 is 1.56 bits per heavy atom. The van der Waals surface area contributed by atoms with Gasteiger partial charge in [-0.1, -0.05) is 11.3 Å². The van der Waals surface area contributed by atoms with Gasteiger partial charge in [-0.05, 0) is 12.8 Å². The third-order valence-corrected chi connectivity index (χ3v) is 3.53. The van der Waals surface area contributed by atoms with Gasteiger partial charge in [0.05, 0.1) is 0 Å². The quantitative estimate of drug-likeness (QED) is 0.736. The highest BCUT2D eigenvalue weighted by molar-refractivity contribution is 7.18. The van der Waals surface area contributed by atoms with E-state index in [-0.39, 0.29) is 11.9 Å². The molecule has 1 atom stereocenters. The molecule has 16 heavy (non-hydrogen) atoms. The van der Waals surface area contributed by atoms with Crippen LogP contribution in [0.1, 0.15) is 41.5 Å². The van der Waals surface area contributed by atoms with Gasteiger partial charge in [-0.2, -0.15) is 4.52 Å². The van der Waals surface area contributed by atoms with Crippen LogP contribution in [0.15, 0.2) is 0 Å². The van der Waals surface area contributed by atoms with Gasteiger partial charge in [0.2, 0.25) is 4.96 Å². The van der Waals surface area contributed by atoms with Crippen molar-refractivity contribution in [3.63, 3.8) is 0 Å². The van der Waals surface area contributed by atoms with Crippen LogP contribution in [0, 0.1) is 0 Å². The highest BCUT2D eigenvalue weighted by Crippen LogP contribution is 2.28. The summed E-state index contributed by atoms with van der Waals surface area (Å²) in [6.45, 7) is 2.25. The molecule has 1 fully saturated rings. The first-order valence-electron chi connectivity index (χ1n) is 5.10. The van der Waals surface area contributed by atoms with E-state index in [1.165, 1.54) is 18.3 Å². The lowest BCUT2D eigenvalue weighted by Gasteiger charge is -2.03. The van der Waals surface area contributed by atoms with Gasteiger partial charge in [-0.3, -0.25) is 4.79 Å². The van der Waals surface area contributed by atoms with Crippen molar-refractivity contribution in [1.29, 1.82) is 0 Å². The van der Waals surface area contributed by atoms with Crippen molar-refractivity contribution in [3.8, 4) is 0 Å². The van der Waals surface area contributed by atoms with Crippen LogP contribution in [-0.2, 0) is 4.74 Å². The van der Waals surface area contributed by atoms with Crippen LogP contribution in [0.4, 0.5) is 0 Å². The maximum Gasteiger partial charge on any atom is 0.235 e. The lowest BCUT2D eigenvalue weighted by atomic mass is 10.2. The first-order chi connectivity index (χ1) is 7.75. The number of hydrogen-bond acceptors (Lipinski definition) is 6. The molecule has 0 amide bonds. The fourth-order valence-corrected chi connectivity index (χ4v) is 2.50. The normalized spacial score (nSPS) is 20.7. The van der Waals surface area contributed by atoms with Gasteiger partial charge in [0.1, 0.15) is 6.10 Å². The monoisotopic (exact) mass is 238 g/mol. The van der Waals surface area contributed by atoms with Crippen molar-refractivity contribution in [2.24, 2.45) is 0 Å². The van der Waals surface area contributed by atoms with Gasteiger partial charge in [0, 0.05) is 13.5 Å². The van der Waals surface area contributed by atoms with Crippen molar-refractivity contribution in [2.45, 2.75) is 25.9 Å². The van der Waals surface area contributed by atoms with Crippen LogP contribution in [0.25, 0.3) is 4.96 Å². The second-order valence-corrected chi connectivity index (χ2v) is 4.67. The fourth-order valence-electron chi connectivity index (χ4n) is 1.76. The zero-order chi connectivity index (χ0) is 11.1. The zero-order valence-corrected chi connectivity index (χ0v) is 9.53. The van der Waals surface area contributed by atoms with Crippen LogP contribution in [-0.4, -0.2) is 32.2 Å². The van der Waals surface area contributed by atoms with Gasteiger partial charge in [0.15, 0.2) is 16.6 Å². The molecule has 0 spiro atoms. The van der Waals surface area contributed by atoms with E-state index in [1.54, 1.807) is 4.52 Å². The predicted molar refractivity (Wildman–Crippen MR) is 56.6 cm³/mol. The Kier molecular flexibility index (Phi) is 2.22. The van der Waals surface area contributed by atoms with Crippen molar-refractivity contribution in [1.82, 2.24) is 19.8 Å². The minimum absolute atomic E-state index is 0.0306. The van der Waals surface area contributed by atoms with Gasteiger partial charge < -0.3 is 4.74 Å². The Morgan fingerprint density at radius 2 is 2.44 bits per heavy atom. The molecule has 6 nitrogen and oxygen atoms in total. The molecule has 0 aliphatic carbocycles. The Bertz CT molecular complexity index is 541. The first-order valence-corrected chi connectivity index (χ1v) is 5.92. The largest absolute Gasteiger partial charge is 0.370 e. The molecule has 1 aliphatic rings. The lowest BCUT2D eigenvalue weighted by Crippen LogP contribution is -2.04. The van der Waals surface area contributed by atoms with E-state index in [0.717, 1.165) is 19.4 Å². The van der Waals surface area contributed by atoms with E-state index >= 15 is 0 Å². The summed E-state index contributed by atoms with van der Waals surface area (Å²) < 4.78 is 7.15. The number of hydrogen-bond donors (Lipinski definition) is 0. The standard InChI is InChI=1S/C9H10N4O2S/c1-5(14)8-12-13-7(6-3-2-4-15-6)10-11-9(13)16-8/h6H,2-4H2,1H3. The molecule has 0 bridgehead atoms. The second-order valence-electron chi connectivity index (χ2n) is 3.72. The summed E-state index contributed by atoms with van der Waals surface area (Å²) in [5.41, 5.74) is 0. The molecule has 3 heterocycles. The van der Waals surface area contributed by atoms with Crippen molar-refractivity contribution in [2.75, 3.05) is 6.61 Å². The highest BCUT2D eigenvalue weighted by atomic mass is 32.1. The molecule has 1 unspecified atom stereocenters. The molecule has 1 saturated heterocycles. The maximum absolute atomic E-state index is 11.2. The van der Waals surface area contributed by atoms with Crippen LogP contribution in [0.2, 0.25) is 0 Å². The molecule has 7 heteroatoms. The molecule has 1 aliphatic heterocycles. The number of rotatable bonds is 2. The number of Topliss-reactive ketones (excluding diaryl/α,β-unsaturated/α-hetero) is 1. The first kappa shape index (κ1) is 9.86. The summed E-state index contributed by atoms with van der Waals surface area (Å²) in [6, 6.07) is 0. The molecule has 3 rings (SSSR count). The molecule has 2 aromatic heterocycles. The molecular weight excluding hydrogens is 228 g/mol. The van der Waals surface area contributed by atoms with E-state index in [1.807, 2.05) is 0 Å². The number of fused-ring (bicyclic) bond motifs is 1. The minimum atomic E-state index is -0.0474. The van der Waals surface area contributed by atoms with Crippen molar-refractivity contribution in [3.05, 3.63) is 10.8 Å². The number of nitrogens with zero attached hydrogens (tertiary/aromatic N) is 4. The number of ketones is 1. The number of carbonyl (C=O) groups is 1. The van der Waals surface area contributed by atoms with Crippen LogP contribution in [0.5, 0.6) is 0 Å². The average molecular weight is 238 g/mol. The Hall–Kier alpha value is -1.34. The van der Waals surface area contributed by atoms with Gasteiger partial charge >= 0.3 is 0 Å². The average Bonchev–Trinajstić information content (AvgIpc) is 2.92. The number of ether oxygens (including phenoxy) is 1.